The monoisotopic (exact) mass is 409 g/mol. The summed E-state index contributed by atoms with van der Waals surface area (Å²) >= 11 is 1.21. The van der Waals surface area contributed by atoms with Crippen molar-refractivity contribution in [3.63, 3.8) is 0 Å². The van der Waals surface area contributed by atoms with Gasteiger partial charge in [-0.1, -0.05) is 30.0 Å². The lowest BCUT2D eigenvalue weighted by Crippen LogP contribution is -2.16. The number of amides is 2. The lowest BCUT2D eigenvalue weighted by Gasteiger charge is -2.10. The van der Waals surface area contributed by atoms with Gasteiger partial charge in [0.15, 0.2) is 10.9 Å². The van der Waals surface area contributed by atoms with E-state index in [1.165, 1.54) is 31.9 Å². The van der Waals surface area contributed by atoms with Crippen LogP contribution in [0.2, 0.25) is 0 Å². The molecule has 29 heavy (non-hydrogen) atoms. The van der Waals surface area contributed by atoms with Crippen LogP contribution in [-0.2, 0) is 9.59 Å². The Morgan fingerprint density at radius 1 is 1.03 bits per heavy atom. The molecule has 1 aromatic heterocycles. The molecule has 2 amide bonds. The summed E-state index contributed by atoms with van der Waals surface area (Å²) in [6.45, 7) is 2.90. The highest BCUT2D eigenvalue weighted by atomic mass is 32.2. The summed E-state index contributed by atoms with van der Waals surface area (Å²) < 4.78 is 1.73. The Labute approximate surface area is 171 Å². The SMILES string of the molecule is CC(=O)Nc1cccc(-n2cnnc2SCC(=O)Nc2ccccc2C(C)=O)c1. The van der Waals surface area contributed by atoms with Crippen molar-refractivity contribution in [3.8, 4) is 5.69 Å². The molecule has 0 aliphatic rings. The van der Waals surface area contributed by atoms with Crippen molar-refractivity contribution >= 4 is 40.7 Å². The predicted molar refractivity (Wildman–Crippen MR) is 111 cm³/mol. The van der Waals surface area contributed by atoms with E-state index in [2.05, 4.69) is 20.8 Å². The topological polar surface area (TPSA) is 106 Å². The van der Waals surface area contributed by atoms with Crippen molar-refractivity contribution in [3.05, 3.63) is 60.4 Å². The number of ketones is 1. The number of para-hydroxylation sites is 1. The van der Waals surface area contributed by atoms with E-state index >= 15 is 0 Å². The first-order chi connectivity index (χ1) is 13.9. The number of hydrogen-bond donors (Lipinski definition) is 2. The molecule has 1 heterocycles. The van der Waals surface area contributed by atoms with Gasteiger partial charge in [0.25, 0.3) is 0 Å². The third-order valence-corrected chi connectivity index (χ3v) is 4.82. The first kappa shape index (κ1) is 20.3. The first-order valence-electron chi connectivity index (χ1n) is 8.74. The predicted octanol–water partition coefficient (Wildman–Crippen LogP) is 3.16. The van der Waals surface area contributed by atoms with Gasteiger partial charge in [-0.2, -0.15) is 0 Å². The molecular weight excluding hydrogens is 390 g/mol. The standard InChI is InChI=1S/C20H19N5O3S/c1-13(26)17-8-3-4-9-18(17)23-19(28)11-29-20-24-21-12-25(20)16-7-5-6-15(10-16)22-14(2)27/h3-10,12H,11H2,1-2H3,(H,22,27)(H,23,28). The maximum Gasteiger partial charge on any atom is 0.234 e. The van der Waals surface area contributed by atoms with Crippen molar-refractivity contribution < 1.29 is 14.4 Å². The molecule has 0 fully saturated rings. The third-order valence-electron chi connectivity index (χ3n) is 3.87. The minimum absolute atomic E-state index is 0.0936. The van der Waals surface area contributed by atoms with E-state index in [1.54, 1.807) is 47.0 Å². The van der Waals surface area contributed by atoms with E-state index < -0.39 is 0 Å². The number of hydrogen-bond acceptors (Lipinski definition) is 6. The molecule has 0 saturated carbocycles. The van der Waals surface area contributed by atoms with E-state index in [0.29, 0.717) is 22.1 Å². The molecule has 0 radical (unpaired) electrons. The van der Waals surface area contributed by atoms with Gasteiger partial charge in [-0.15, -0.1) is 10.2 Å². The average molecular weight is 409 g/mol. The van der Waals surface area contributed by atoms with Crippen LogP contribution in [0.3, 0.4) is 0 Å². The van der Waals surface area contributed by atoms with Gasteiger partial charge in [-0.3, -0.25) is 19.0 Å². The molecule has 9 heteroatoms. The molecule has 3 aromatic rings. The Morgan fingerprint density at radius 2 is 1.83 bits per heavy atom. The summed E-state index contributed by atoms with van der Waals surface area (Å²) in [6, 6.07) is 14.1. The molecule has 2 N–H and O–H groups in total. The van der Waals surface area contributed by atoms with Crippen molar-refractivity contribution in [2.24, 2.45) is 0 Å². The maximum atomic E-state index is 12.4. The molecule has 0 saturated heterocycles. The minimum Gasteiger partial charge on any atom is -0.326 e. The molecule has 8 nitrogen and oxygen atoms in total. The molecule has 3 rings (SSSR count). The van der Waals surface area contributed by atoms with Crippen LogP contribution in [0.25, 0.3) is 5.69 Å². The summed E-state index contributed by atoms with van der Waals surface area (Å²) in [5.41, 5.74) is 2.35. The van der Waals surface area contributed by atoms with Crippen LogP contribution in [-0.4, -0.2) is 38.1 Å². The molecule has 0 aliphatic heterocycles. The largest absolute Gasteiger partial charge is 0.326 e. The van der Waals surface area contributed by atoms with Crippen LogP contribution in [0, 0.1) is 0 Å². The number of benzene rings is 2. The molecule has 0 atom stereocenters. The normalized spacial score (nSPS) is 10.4. The average Bonchev–Trinajstić information content (AvgIpc) is 3.15. The molecule has 2 aromatic carbocycles. The summed E-state index contributed by atoms with van der Waals surface area (Å²) in [5, 5.41) is 14.0. The second-order valence-electron chi connectivity index (χ2n) is 6.15. The number of carbonyl (C=O) groups excluding carboxylic acids is 3. The van der Waals surface area contributed by atoms with Gasteiger partial charge in [-0.05, 0) is 37.3 Å². The highest BCUT2D eigenvalue weighted by Gasteiger charge is 2.13. The Kier molecular flexibility index (Phi) is 6.40. The van der Waals surface area contributed by atoms with Gasteiger partial charge in [0.1, 0.15) is 6.33 Å². The van der Waals surface area contributed by atoms with Crippen molar-refractivity contribution in [1.82, 2.24) is 14.8 Å². The minimum atomic E-state index is -0.259. The van der Waals surface area contributed by atoms with Gasteiger partial charge in [0.2, 0.25) is 11.8 Å². The van der Waals surface area contributed by atoms with Gasteiger partial charge in [0, 0.05) is 18.2 Å². The zero-order chi connectivity index (χ0) is 20.8. The first-order valence-corrected chi connectivity index (χ1v) is 9.73. The number of anilines is 2. The zero-order valence-corrected chi connectivity index (χ0v) is 16.7. The van der Waals surface area contributed by atoms with Crippen molar-refractivity contribution in [2.75, 3.05) is 16.4 Å². The van der Waals surface area contributed by atoms with Crippen LogP contribution in [0.1, 0.15) is 24.2 Å². The van der Waals surface area contributed by atoms with Crippen LogP contribution < -0.4 is 10.6 Å². The van der Waals surface area contributed by atoms with E-state index in [4.69, 9.17) is 0 Å². The number of thioether (sulfide) groups is 1. The van der Waals surface area contributed by atoms with Crippen molar-refractivity contribution in [1.29, 1.82) is 0 Å². The highest BCUT2D eigenvalue weighted by molar-refractivity contribution is 7.99. The van der Waals surface area contributed by atoms with Crippen LogP contribution in [0.4, 0.5) is 11.4 Å². The smallest absolute Gasteiger partial charge is 0.234 e. The Morgan fingerprint density at radius 3 is 2.59 bits per heavy atom. The molecule has 0 spiro atoms. The summed E-state index contributed by atoms with van der Waals surface area (Å²) in [5.74, 6) is -0.448. The lowest BCUT2D eigenvalue weighted by atomic mass is 10.1. The molecule has 0 aliphatic carbocycles. The summed E-state index contributed by atoms with van der Waals surface area (Å²) in [4.78, 5) is 35.3. The number of Topliss-reactive ketones (excluding diaryl/α,β-unsaturated/α-hetero) is 1. The lowest BCUT2D eigenvalue weighted by molar-refractivity contribution is -0.114. The van der Waals surface area contributed by atoms with Gasteiger partial charge < -0.3 is 10.6 Å². The second-order valence-corrected chi connectivity index (χ2v) is 7.10. The Balaban J connectivity index is 1.69. The fourth-order valence-corrected chi connectivity index (χ4v) is 3.38. The van der Waals surface area contributed by atoms with Crippen LogP contribution in [0.5, 0.6) is 0 Å². The van der Waals surface area contributed by atoms with E-state index in [9.17, 15) is 14.4 Å². The van der Waals surface area contributed by atoms with E-state index in [0.717, 1.165) is 5.69 Å². The molecule has 148 valence electrons. The number of nitrogens with one attached hydrogen (secondary N) is 2. The van der Waals surface area contributed by atoms with Crippen LogP contribution in [0.15, 0.2) is 60.0 Å². The number of carbonyl (C=O) groups is 3. The Bertz CT molecular complexity index is 1060. The fourth-order valence-electron chi connectivity index (χ4n) is 2.65. The quantitative estimate of drug-likeness (QED) is 0.459. The molecule has 0 bridgehead atoms. The van der Waals surface area contributed by atoms with Gasteiger partial charge in [0.05, 0.1) is 17.1 Å². The van der Waals surface area contributed by atoms with E-state index in [1.807, 2.05) is 6.07 Å². The van der Waals surface area contributed by atoms with Crippen LogP contribution >= 0.6 is 11.8 Å². The molecular formula is C20H19N5O3S. The number of aromatic nitrogens is 3. The summed E-state index contributed by atoms with van der Waals surface area (Å²) in [6.07, 6.45) is 1.54. The third kappa shape index (κ3) is 5.29. The summed E-state index contributed by atoms with van der Waals surface area (Å²) in [7, 11) is 0. The van der Waals surface area contributed by atoms with Gasteiger partial charge in [-0.25, -0.2) is 0 Å². The zero-order valence-electron chi connectivity index (χ0n) is 15.9. The Hall–Kier alpha value is -3.46. The van der Waals surface area contributed by atoms with E-state index in [-0.39, 0.29) is 23.4 Å². The second kappa shape index (κ2) is 9.16. The van der Waals surface area contributed by atoms with Gasteiger partial charge >= 0.3 is 0 Å². The number of nitrogens with zero attached hydrogens (tertiary/aromatic N) is 3. The highest BCUT2D eigenvalue weighted by Crippen LogP contribution is 2.22. The number of rotatable bonds is 7. The maximum absolute atomic E-state index is 12.4. The molecule has 0 unspecified atom stereocenters. The fraction of sp³-hybridized carbons (Fsp3) is 0.150. The van der Waals surface area contributed by atoms with Crippen molar-refractivity contribution in [2.45, 2.75) is 19.0 Å².